The lowest BCUT2D eigenvalue weighted by molar-refractivity contribution is -0.117. The van der Waals surface area contributed by atoms with Gasteiger partial charge < -0.3 is 10.2 Å². The minimum absolute atomic E-state index is 0.0480. The minimum atomic E-state index is -0.0480. The van der Waals surface area contributed by atoms with E-state index in [0.29, 0.717) is 0 Å². The standard InChI is InChI=1S/C20H23N3O/c24-20(18-9-5-7-15-6-1-2-8-17(15)18)22-16-10-11-19(21-14-16)23-12-3-4-13-23/h1-2,6,8,10-11,14,18H,3-5,7,9,12-13H2,(H,22,24)/t18-/m0/s1. The molecule has 124 valence electrons. The molecule has 1 aliphatic heterocycles. The average molecular weight is 321 g/mol. The highest BCUT2D eigenvalue weighted by molar-refractivity contribution is 5.96. The SMILES string of the molecule is O=C(Nc1ccc(N2CCCC2)nc1)[C@H]1CCCc2ccccc21. The summed E-state index contributed by atoms with van der Waals surface area (Å²) in [5.74, 6) is 1.04. The van der Waals surface area contributed by atoms with E-state index in [2.05, 4.69) is 33.4 Å². The predicted molar refractivity (Wildman–Crippen MR) is 96.4 cm³/mol. The molecule has 1 saturated heterocycles. The van der Waals surface area contributed by atoms with Crippen LogP contribution < -0.4 is 10.2 Å². The van der Waals surface area contributed by atoms with Gasteiger partial charge in [-0.15, -0.1) is 0 Å². The van der Waals surface area contributed by atoms with Gasteiger partial charge in [0.25, 0.3) is 0 Å². The van der Waals surface area contributed by atoms with Gasteiger partial charge in [0, 0.05) is 13.1 Å². The smallest absolute Gasteiger partial charge is 0.231 e. The second-order valence-electron chi connectivity index (χ2n) is 6.73. The first kappa shape index (κ1) is 15.2. The molecule has 4 heteroatoms. The number of nitrogens with one attached hydrogen (secondary N) is 1. The molecule has 0 unspecified atom stereocenters. The van der Waals surface area contributed by atoms with E-state index in [9.17, 15) is 4.79 Å². The number of hydrogen-bond donors (Lipinski definition) is 1. The summed E-state index contributed by atoms with van der Waals surface area (Å²) in [5.41, 5.74) is 3.28. The molecule has 1 aliphatic carbocycles. The van der Waals surface area contributed by atoms with Gasteiger partial charge in [0.05, 0.1) is 17.8 Å². The number of carbonyl (C=O) groups excluding carboxylic acids is 1. The summed E-state index contributed by atoms with van der Waals surface area (Å²) in [7, 11) is 0. The third-order valence-corrected chi connectivity index (χ3v) is 5.13. The highest BCUT2D eigenvalue weighted by Gasteiger charge is 2.26. The van der Waals surface area contributed by atoms with E-state index in [0.717, 1.165) is 43.9 Å². The average Bonchev–Trinajstić information content (AvgIpc) is 3.16. The van der Waals surface area contributed by atoms with Crippen molar-refractivity contribution in [3.05, 3.63) is 53.7 Å². The number of aromatic nitrogens is 1. The van der Waals surface area contributed by atoms with Crippen molar-refractivity contribution in [2.24, 2.45) is 0 Å². The van der Waals surface area contributed by atoms with Crippen LogP contribution in [0.3, 0.4) is 0 Å². The van der Waals surface area contributed by atoms with E-state index in [4.69, 9.17) is 0 Å². The maximum Gasteiger partial charge on any atom is 0.231 e. The van der Waals surface area contributed by atoms with Crippen LogP contribution in [0.15, 0.2) is 42.6 Å². The molecule has 2 heterocycles. The highest BCUT2D eigenvalue weighted by Crippen LogP contribution is 2.32. The lowest BCUT2D eigenvalue weighted by Crippen LogP contribution is -2.25. The van der Waals surface area contributed by atoms with Crippen molar-refractivity contribution < 1.29 is 4.79 Å². The Morgan fingerprint density at radius 2 is 1.92 bits per heavy atom. The number of fused-ring (bicyclic) bond motifs is 1. The Labute approximate surface area is 142 Å². The van der Waals surface area contributed by atoms with Crippen LogP contribution in [-0.4, -0.2) is 24.0 Å². The van der Waals surface area contributed by atoms with Crippen molar-refractivity contribution in [1.29, 1.82) is 0 Å². The number of anilines is 2. The molecule has 4 nitrogen and oxygen atoms in total. The van der Waals surface area contributed by atoms with Gasteiger partial charge in [-0.3, -0.25) is 4.79 Å². The van der Waals surface area contributed by atoms with E-state index >= 15 is 0 Å². The quantitative estimate of drug-likeness (QED) is 0.936. The van der Waals surface area contributed by atoms with Gasteiger partial charge in [0.2, 0.25) is 5.91 Å². The fourth-order valence-corrected chi connectivity index (χ4v) is 3.85. The Bertz CT molecular complexity index is 720. The molecule has 2 aliphatic rings. The monoisotopic (exact) mass is 321 g/mol. The molecule has 4 rings (SSSR count). The van der Waals surface area contributed by atoms with Crippen molar-refractivity contribution >= 4 is 17.4 Å². The van der Waals surface area contributed by atoms with Gasteiger partial charge >= 0.3 is 0 Å². The van der Waals surface area contributed by atoms with E-state index < -0.39 is 0 Å². The van der Waals surface area contributed by atoms with E-state index in [-0.39, 0.29) is 11.8 Å². The Morgan fingerprint density at radius 1 is 1.08 bits per heavy atom. The van der Waals surface area contributed by atoms with Gasteiger partial charge in [-0.05, 0) is 55.4 Å². The molecule has 2 aromatic rings. The number of nitrogens with zero attached hydrogens (tertiary/aromatic N) is 2. The maximum absolute atomic E-state index is 12.7. The number of pyridine rings is 1. The zero-order chi connectivity index (χ0) is 16.4. The molecular formula is C20H23N3O. The molecule has 1 fully saturated rings. The number of carbonyl (C=O) groups is 1. The summed E-state index contributed by atoms with van der Waals surface area (Å²) in [4.78, 5) is 19.5. The van der Waals surface area contributed by atoms with Gasteiger partial charge in [-0.1, -0.05) is 24.3 Å². The molecule has 1 aromatic carbocycles. The van der Waals surface area contributed by atoms with Gasteiger partial charge in [-0.25, -0.2) is 4.98 Å². The first-order chi connectivity index (χ1) is 11.8. The Balaban J connectivity index is 1.46. The Hall–Kier alpha value is -2.36. The van der Waals surface area contributed by atoms with Crippen LogP contribution >= 0.6 is 0 Å². The van der Waals surface area contributed by atoms with Crippen LogP contribution in [-0.2, 0) is 11.2 Å². The largest absolute Gasteiger partial charge is 0.357 e. The van der Waals surface area contributed by atoms with Crippen molar-refractivity contribution in [1.82, 2.24) is 4.98 Å². The van der Waals surface area contributed by atoms with Crippen molar-refractivity contribution in [3.8, 4) is 0 Å². The summed E-state index contributed by atoms with van der Waals surface area (Å²) in [6.07, 6.45) is 7.32. The lowest BCUT2D eigenvalue weighted by atomic mass is 9.82. The fourth-order valence-electron chi connectivity index (χ4n) is 3.85. The minimum Gasteiger partial charge on any atom is -0.357 e. The zero-order valence-electron chi connectivity index (χ0n) is 13.9. The first-order valence-electron chi connectivity index (χ1n) is 8.91. The van der Waals surface area contributed by atoms with Crippen LogP contribution in [0, 0.1) is 0 Å². The molecule has 1 aromatic heterocycles. The summed E-state index contributed by atoms with van der Waals surface area (Å²) in [5, 5.41) is 3.05. The summed E-state index contributed by atoms with van der Waals surface area (Å²) >= 11 is 0. The fraction of sp³-hybridized carbons (Fsp3) is 0.400. The normalized spacial score (nSPS) is 19.8. The highest BCUT2D eigenvalue weighted by atomic mass is 16.1. The van der Waals surface area contributed by atoms with Gasteiger partial charge in [0.15, 0.2) is 0 Å². The third kappa shape index (κ3) is 3.01. The van der Waals surface area contributed by atoms with Gasteiger partial charge in [-0.2, -0.15) is 0 Å². The van der Waals surface area contributed by atoms with E-state index in [1.807, 2.05) is 18.2 Å². The molecule has 0 saturated carbocycles. The topological polar surface area (TPSA) is 45.2 Å². The van der Waals surface area contributed by atoms with Gasteiger partial charge in [0.1, 0.15) is 5.82 Å². The number of benzene rings is 1. The summed E-state index contributed by atoms with van der Waals surface area (Å²) < 4.78 is 0. The lowest BCUT2D eigenvalue weighted by Gasteiger charge is -2.24. The van der Waals surface area contributed by atoms with E-state index in [1.54, 1.807) is 6.20 Å². The van der Waals surface area contributed by atoms with Crippen molar-refractivity contribution in [3.63, 3.8) is 0 Å². The van der Waals surface area contributed by atoms with Crippen molar-refractivity contribution in [2.75, 3.05) is 23.3 Å². The molecule has 24 heavy (non-hydrogen) atoms. The molecule has 0 bridgehead atoms. The first-order valence-corrected chi connectivity index (χ1v) is 8.91. The Morgan fingerprint density at radius 3 is 2.71 bits per heavy atom. The number of aryl methyl sites for hydroxylation is 1. The second kappa shape index (κ2) is 6.63. The van der Waals surface area contributed by atoms with Crippen LogP contribution in [0.1, 0.15) is 42.7 Å². The van der Waals surface area contributed by atoms with Crippen LogP contribution in [0.4, 0.5) is 11.5 Å². The molecule has 0 radical (unpaired) electrons. The van der Waals surface area contributed by atoms with Crippen LogP contribution in [0.25, 0.3) is 0 Å². The zero-order valence-corrected chi connectivity index (χ0v) is 13.9. The number of hydrogen-bond acceptors (Lipinski definition) is 3. The number of amides is 1. The second-order valence-corrected chi connectivity index (χ2v) is 6.73. The summed E-state index contributed by atoms with van der Waals surface area (Å²) in [6.45, 7) is 2.16. The maximum atomic E-state index is 12.7. The van der Waals surface area contributed by atoms with E-state index in [1.165, 1.54) is 24.0 Å². The van der Waals surface area contributed by atoms with Crippen LogP contribution in [0.2, 0.25) is 0 Å². The molecule has 1 atom stereocenters. The number of rotatable bonds is 3. The molecule has 0 spiro atoms. The Kier molecular flexibility index (Phi) is 4.20. The third-order valence-electron chi connectivity index (χ3n) is 5.13. The van der Waals surface area contributed by atoms with Crippen molar-refractivity contribution in [2.45, 2.75) is 38.0 Å². The summed E-state index contributed by atoms with van der Waals surface area (Å²) in [6, 6.07) is 12.3. The predicted octanol–water partition coefficient (Wildman–Crippen LogP) is 3.74. The molecule has 1 amide bonds. The molecular weight excluding hydrogens is 298 g/mol. The van der Waals surface area contributed by atoms with Crippen LogP contribution in [0.5, 0.6) is 0 Å². The molecule has 1 N–H and O–H groups in total.